The predicted octanol–water partition coefficient (Wildman–Crippen LogP) is 0.546. The van der Waals surface area contributed by atoms with E-state index < -0.39 is 10.0 Å². The number of halogens is 1. The van der Waals surface area contributed by atoms with Gasteiger partial charge in [0.25, 0.3) is 0 Å². The second-order valence-corrected chi connectivity index (χ2v) is 6.55. The van der Waals surface area contributed by atoms with Gasteiger partial charge in [-0.1, -0.05) is 6.92 Å². The first-order valence-corrected chi connectivity index (χ1v) is 7.97. The van der Waals surface area contributed by atoms with Gasteiger partial charge in [-0.15, -0.1) is 11.6 Å². The zero-order valence-corrected chi connectivity index (χ0v) is 11.6. The van der Waals surface area contributed by atoms with E-state index in [1.807, 2.05) is 6.92 Å². The molecular formula is C10H19ClN2O3S. The number of rotatable bonds is 5. The molecule has 1 fully saturated rings. The van der Waals surface area contributed by atoms with Crippen molar-refractivity contribution in [2.24, 2.45) is 0 Å². The predicted molar refractivity (Wildman–Crippen MR) is 67.5 cm³/mol. The Morgan fingerprint density at radius 1 is 1.41 bits per heavy atom. The van der Waals surface area contributed by atoms with Crippen LogP contribution in [-0.4, -0.2) is 49.4 Å². The molecule has 100 valence electrons. The molecule has 0 bridgehead atoms. The number of hydrogen-bond donors (Lipinski definition) is 1. The van der Waals surface area contributed by atoms with Crippen molar-refractivity contribution in [3.05, 3.63) is 0 Å². The molecule has 0 spiro atoms. The van der Waals surface area contributed by atoms with Crippen molar-refractivity contribution in [2.75, 3.05) is 24.7 Å². The molecule has 1 N–H and O–H groups in total. The summed E-state index contributed by atoms with van der Waals surface area (Å²) in [6, 6.07) is 0.0503. The first-order chi connectivity index (χ1) is 7.99. The van der Waals surface area contributed by atoms with Crippen LogP contribution in [0.2, 0.25) is 0 Å². The van der Waals surface area contributed by atoms with Crippen molar-refractivity contribution >= 4 is 27.5 Å². The monoisotopic (exact) mass is 282 g/mol. The maximum Gasteiger partial charge on any atom is 0.235 e. The van der Waals surface area contributed by atoms with E-state index in [2.05, 4.69) is 5.32 Å². The van der Waals surface area contributed by atoms with Crippen LogP contribution in [0.1, 0.15) is 26.2 Å². The third kappa shape index (κ3) is 4.44. The maximum atomic E-state index is 11.8. The molecule has 17 heavy (non-hydrogen) atoms. The fourth-order valence-corrected chi connectivity index (χ4v) is 3.55. The van der Waals surface area contributed by atoms with E-state index >= 15 is 0 Å². The summed E-state index contributed by atoms with van der Waals surface area (Å²) in [5.74, 6) is -0.0402. The number of nitrogens with zero attached hydrogens (tertiary/aromatic N) is 1. The molecular weight excluding hydrogens is 264 g/mol. The Morgan fingerprint density at radius 3 is 2.47 bits per heavy atom. The van der Waals surface area contributed by atoms with Crippen LogP contribution in [0.5, 0.6) is 0 Å². The topological polar surface area (TPSA) is 66.5 Å². The molecule has 1 heterocycles. The Bertz CT molecular complexity index is 351. The summed E-state index contributed by atoms with van der Waals surface area (Å²) < 4.78 is 25.1. The van der Waals surface area contributed by atoms with Crippen molar-refractivity contribution in [1.82, 2.24) is 9.62 Å². The smallest absolute Gasteiger partial charge is 0.235 e. The van der Waals surface area contributed by atoms with Crippen molar-refractivity contribution < 1.29 is 13.2 Å². The zero-order valence-electron chi connectivity index (χ0n) is 9.99. The molecule has 0 unspecified atom stereocenters. The zero-order chi connectivity index (χ0) is 12.9. The van der Waals surface area contributed by atoms with Crippen LogP contribution >= 0.6 is 11.6 Å². The van der Waals surface area contributed by atoms with Crippen LogP contribution in [0.4, 0.5) is 0 Å². The molecule has 0 atom stereocenters. The molecule has 1 aliphatic heterocycles. The Kier molecular flexibility index (Phi) is 5.69. The lowest BCUT2D eigenvalue weighted by atomic mass is 10.1. The molecule has 0 aliphatic carbocycles. The summed E-state index contributed by atoms with van der Waals surface area (Å²) in [6.45, 7) is 2.82. The highest BCUT2D eigenvalue weighted by Gasteiger charge is 2.27. The van der Waals surface area contributed by atoms with Gasteiger partial charge in [-0.2, -0.15) is 0 Å². The summed E-state index contributed by atoms with van der Waals surface area (Å²) in [5, 5.41) is 2.78. The summed E-state index contributed by atoms with van der Waals surface area (Å²) in [7, 11) is -3.10. The Hall–Kier alpha value is -0.330. The first-order valence-electron chi connectivity index (χ1n) is 5.82. The minimum Gasteiger partial charge on any atom is -0.352 e. The quantitative estimate of drug-likeness (QED) is 0.749. The Balaban J connectivity index is 2.43. The minimum atomic E-state index is -3.10. The number of carbonyl (C=O) groups excluding carboxylic acids is 1. The van der Waals surface area contributed by atoms with E-state index in [1.54, 1.807) is 0 Å². The number of alkyl halides is 1. The maximum absolute atomic E-state index is 11.8. The first kappa shape index (κ1) is 14.7. The fourth-order valence-electron chi connectivity index (χ4n) is 1.93. The molecule has 1 amide bonds. The third-order valence-electron chi connectivity index (χ3n) is 2.80. The van der Waals surface area contributed by atoms with Crippen LogP contribution in [0.25, 0.3) is 0 Å². The van der Waals surface area contributed by atoms with Gasteiger partial charge in [0.15, 0.2) is 0 Å². The molecule has 1 aliphatic rings. The summed E-state index contributed by atoms with van der Waals surface area (Å²) in [4.78, 5) is 11.1. The van der Waals surface area contributed by atoms with Gasteiger partial charge in [-0.25, -0.2) is 12.7 Å². The van der Waals surface area contributed by atoms with Crippen molar-refractivity contribution in [2.45, 2.75) is 32.2 Å². The van der Waals surface area contributed by atoms with Crippen molar-refractivity contribution in [3.63, 3.8) is 0 Å². The lowest BCUT2D eigenvalue weighted by molar-refractivity contribution is -0.119. The highest BCUT2D eigenvalue weighted by molar-refractivity contribution is 7.89. The number of amides is 1. The molecule has 0 aromatic rings. The molecule has 0 aromatic heterocycles. The molecule has 0 saturated carbocycles. The van der Waals surface area contributed by atoms with E-state index in [-0.39, 0.29) is 23.6 Å². The molecule has 7 heteroatoms. The van der Waals surface area contributed by atoms with E-state index in [1.165, 1.54) is 4.31 Å². The summed E-state index contributed by atoms with van der Waals surface area (Å²) in [6.07, 6.45) is 1.95. The van der Waals surface area contributed by atoms with Gasteiger partial charge in [0.1, 0.15) is 5.88 Å². The highest BCUT2D eigenvalue weighted by atomic mass is 35.5. The number of carbonyl (C=O) groups is 1. The van der Waals surface area contributed by atoms with Gasteiger partial charge < -0.3 is 5.32 Å². The summed E-state index contributed by atoms with van der Waals surface area (Å²) >= 11 is 5.40. The van der Waals surface area contributed by atoms with Gasteiger partial charge in [-0.05, 0) is 19.3 Å². The molecule has 1 saturated heterocycles. The van der Waals surface area contributed by atoms with Crippen LogP contribution < -0.4 is 5.32 Å². The largest absolute Gasteiger partial charge is 0.352 e. The minimum absolute atomic E-state index is 0.0473. The van der Waals surface area contributed by atoms with Crippen LogP contribution in [0, 0.1) is 0 Å². The number of hydrogen-bond acceptors (Lipinski definition) is 3. The van der Waals surface area contributed by atoms with Crippen LogP contribution in [0.15, 0.2) is 0 Å². The van der Waals surface area contributed by atoms with Gasteiger partial charge >= 0.3 is 0 Å². The van der Waals surface area contributed by atoms with E-state index in [9.17, 15) is 13.2 Å². The second-order valence-electron chi connectivity index (χ2n) is 4.19. The SMILES string of the molecule is CCCS(=O)(=O)N1CCC(NC(=O)CCl)CC1. The Labute approximate surface area is 108 Å². The van der Waals surface area contributed by atoms with Gasteiger partial charge in [0.2, 0.25) is 15.9 Å². The van der Waals surface area contributed by atoms with Gasteiger partial charge in [0.05, 0.1) is 5.75 Å². The average Bonchev–Trinajstić information content (AvgIpc) is 2.29. The fraction of sp³-hybridized carbons (Fsp3) is 0.900. The molecule has 0 aromatic carbocycles. The van der Waals surface area contributed by atoms with Crippen LogP contribution in [0.3, 0.4) is 0 Å². The Morgan fingerprint density at radius 2 is 2.00 bits per heavy atom. The standard InChI is InChI=1S/C10H19ClN2O3S/c1-2-7-17(15,16)13-5-3-9(4-6-13)12-10(14)8-11/h9H,2-8H2,1H3,(H,12,14). The lowest BCUT2D eigenvalue weighted by Crippen LogP contribution is -2.47. The number of piperidine rings is 1. The number of nitrogens with one attached hydrogen (secondary N) is 1. The van der Waals surface area contributed by atoms with E-state index in [0.717, 1.165) is 0 Å². The summed E-state index contributed by atoms with van der Waals surface area (Å²) in [5.41, 5.74) is 0. The van der Waals surface area contributed by atoms with Crippen molar-refractivity contribution in [1.29, 1.82) is 0 Å². The van der Waals surface area contributed by atoms with Crippen LogP contribution in [-0.2, 0) is 14.8 Å². The lowest BCUT2D eigenvalue weighted by Gasteiger charge is -2.31. The van der Waals surface area contributed by atoms with Gasteiger partial charge in [0, 0.05) is 19.1 Å². The van der Waals surface area contributed by atoms with E-state index in [4.69, 9.17) is 11.6 Å². The van der Waals surface area contributed by atoms with Gasteiger partial charge in [-0.3, -0.25) is 4.79 Å². The van der Waals surface area contributed by atoms with E-state index in [0.29, 0.717) is 32.4 Å². The third-order valence-corrected chi connectivity index (χ3v) is 5.11. The highest BCUT2D eigenvalue weighted by Crippen LogP contribution is 2.15. The second kappa shape index (κ2) is 6.56. The average molecular weight is 283 g/mol. The number of sulfonamides is 1. The van der Waals surface area contributed by atoms with Crippen molar-refractivity contribution in [3.8, 4) is 0 Å². The normalized spacial score (nSPS) is 19.2. The molecule has 1 rings (SSSR count). The molecule has 5 nitrogen and oxygen atoms in total. The molecule has 0 radical (unpaired) electrons.